The van der Waals surface area contributed by atoms with Gasteiger partial charge >= 0.3 is 12.0 Å². The number of hydrogen-bond donors (Lipinski definition) is 2. The van der Waals surface area contributed by atoms with Crippen molar-refractivity contribution in [3.63, 3.8) is 0 Å². The van der Waals surface area contributed by atoms with Crippen LogP contribution in [0.5, 0.6) is 0 Å². The minimum atomic E-state index is -0.520. The third kappa shape index (κ3) is 7.33. The number of esters is 1. The van der Waals surface area contributed by atoms with Crippen LogP contribution < -0.4 is 10.6 Å². The summed E-state index contributed by atoms with van der Waals surface area (Å²) in [4.78, 5) is 34.1. The van der Waals surface area contributed by atoms with Gasteiger partial charge in [-0.3, -0.25) is 14.9 Å². The van der Waals surface area contributed by atoms with Crippen molar-refractivity contribution in [3.05, 3.63) is 0 Å². The van der Waals surface area contributed by atoms with Crippen LogP contribution in [0.25, 0.3) is 0 Å². The van der Waals surface area contributed by atoms with Crippen molar-refractivity contribution >= 4 is 29.7 Å². The second-order valence-corrected chi connectivity index (χ2v) is 6.03. The second kappa shape index (κ2) is 8.89. The standard InChI is InChI=1S/C13H22N2O5S/c1-19-6-5-14-12(18)15-10(16)8-21-9-13(3-4-13)7-11(17)20-2/h3-9H2,1-2H3,(H2,14,15,16,18). The molecule has 8 heteroatoms. The fourth-order valence-corrected chi connectivity index (χ4v) is 2.94. The topological polar surface area (TPSA) is 93.7 Å². The molecule has 3 amide bonds. The second-order valence-electron chi connectivity index (χ2n) is 5.04. The molecule has 0 atom stereocenters. The third-order valence-electron chi connectivity index (χ3n) is 3.19. The van der Waals surface area contributed by atoms with E-state index < -0.39 is 6.03 Å². The lowest BCUT2D eigenvalue weighted by atomic mass is 10.1. The number of thioether (sulfide) groups is 1. The number of carbonyl (C=O) groups excluding carboxylic acids is 3. The summed E-state index contributed by atoms with van der Waals surface area (Å²) in [7, 11) is 2.91. The molecule has 0 bridgehead atoms. The van der Waals surface area contributed by atoms with Gasteiger partial charge in [0.1, 0.15) is 0 Å². The van der Waals surface area contributed by atoms with Crippen LogP contribution >= 0.6 is 11.8 Å². The first-order valence-corrected chi connectivity index (χ1v) is 7.88. The molecular formula is C13H22N2O5S. The summed E-state index contributed by atoms with van der Waals surface area (Å²) in [5.74, 6) is 0.361. The van der Waals surface area contributed by atoms with E-state index in [0.717, 1.165) is 18.6 Å². The summed E-state index contributed by atoms with van der Waals surface area (Å²) in [5.41, 5.74) is -0.0151. The van der Waals surface area contributed by atoms with E-state index in [-0.39, 0.29) is 23.0 Å². The summed E-state index contributed by atoms with van der Waals surface area (Å²) >= 11 is 1.43. The zero-order chi connectivity index (χ0) is 15.7. The Morgan fingerprint density at radius 1 is 1.24 bits per heavy atom. The molecule has 0 aliphatic heterocycles. The Balaban J connectivity index is 2.13. The molecule has 0 heterocycles. The Labute approximate surface area is 128 Å². The van der Waals surface area contributed by atoms with E-state index >= 15 is 0 Å². The minimum Gasteiger partial charge on any atom is -0.469 e. The van der Waals surface area contributed by atoms with Crippen molar-refractivity contribution in [2.75, 3.05) is 38.9 Å². The average Bonchev–Trinajstić information content (AvgIpc) is 3.18. The number of rotatable bonds is 9. The van der Waals surface area contributed by atoms with Crippen LogP contribution in [0.15, 0.2) is 0 Å². The smallest absolute Gasteiger partial charge is 0.321 e. The molecular weight excluding hydrogens is 296 g/mol. The summed E-state index contributed by atoms with van der Waals surface area (Å²) in [6, 6.07) is -0.520. The van der Waals surface area contributed by atoms with Crippen LogP contribution in [0, 0.1) is 5.41 Å². The van der Waals surface area contributed by atoms with Gasteiger partial charge in [-0.05, 0) is 24.0 Å². The normalized spacial score (nSPS) is 15.1. The first-order chi connectivity index (χ1) is 10.0. The van der Waals surface area contributed by atoms with Crippen molar-refractivity contribution in [1.29, 1.82) is 0 Å². The van der Waals surface area contributed by atoms with E-state index in [1.54, 1.807) is 0 Å². The maximum absolute atomic E-state index is 11.6. The Kier molecular flexibility index (Phi) is 7.52. The lowest BCUT2D eigenvalue weighted by molar-refractivity contribution is -0.141. The first kappa shape index (κ1) is 17.8. The van der Waals surface area contributed by atoms with Crippen LogP contribution in [-0.4, -0.2) is 56.8 Å². The Bertz CT molecular complexity index is 385. The van der Waals surface area contributed by atoms with Crippen molar-refractivity contribution in [2.45, 2.75) is 19.3 Å². The molecule has 2 N–H and O–H groups in total. The van der Waals surface area contributed by atoms with Gasteiger partial charge in [0.15, 0.2) is 0 Å². The number of imide groups is 1. The molecule has 21 heavy (non-hydrogen) atoms. The Morgan fingerprint density at radius 3 is 2.52 bits per heavy atom. The lowest BCUT2D eigenvalue weighted by Gasteiger charge is -2.12. The quantitative estimate of drug-likeness (QED) is 0.476. The summed E-state index contributed by atoms with van der Waals surface area (Å²) < 4.78 is 9.44. The highest BCUT2D eigenvalue weighted by molar-refractivity contribution is 8.00. The van der Waals surface area contributed by atoms with Crippen LogP contribution in [0.1, 0.15) is 19.3 Å². The molecule has 0 saturated heterocycles. The van der Waals surface area contributed by atoms with Crippen LogP contribution in [-0.2, 0) is 19.1 Å². The number of ether oxygens (including phenoxy) is 2. The van der Waals surface area contributed by atoms with Gasteiger partial charge in [0, 0.05) is 13.7 Å². The van der Waals surface area contributed by atoms with Gasteiger partial charge in [-0.2, -0.15) is 11.8 Å². The van der Waals surface area contributed by atoms with E-state index in [0.29, 0.717) is 19.6 Å². The maximum Gasteiger partial charge on any atom is 0.321 e. The third-order valence-corrected chi connectivity index (χ3v) is 4.47. The van der Waals surface area contributed by atoms with Crippen LogP contribution in [0.3, 0.4) is 0 Å². The highest BCUT2D eigenvalue weighted by Crippen LogP contribution is 2.51. The molecule has 0 radical (unpaired) electrons. The molecule has 1 saturated carbocycles. The number of amides is 3. The maximum atomic E-state index is 11.6. The zero-order valence-electron chi connectivity index (χ0n) is 12.4. The highest BCUT2D eigenvalue weighted by atomic mass is 32.2. The predicted molar refractivity (Wildman–Crippen MR) is 79.0 cm³/mol. The van der Waals surface area contributed by atoms with Gasteiger partial charge < -0.3 is 14.8 Å². The molecule has 120 valence electrons. The van der Waals surface area contributed by atoms with Gasteiger partial charge in [-0.1, -0.05) is 0 Å². The van der Waals surface area contributed by atoms with E-state index in [1.807, 2.05) is 0 Å². The molecule has 1 aliphatic rings. The number of urea groups is 1. The molecule has 7 nitrogen and oxygen atoms in total. The van der Waals surface area contributed by atoms with Crippen LogP contribution in [0.2, 0.25) is 0 Å². The highest BCUT2D eigenvalue weighted by Gasteiger charge is 2.44. The van der Waals surface area contributed by atoms with Crippen molar-refractivity contribution in [3.8, 4) is 0 Å². The average molecular weight is 318 g/mol. The molecule has 0 aromatic rings. The van der Waals surface area contributed by atoms with E-state index in [1.165, 1.54) is 26.0 Å². The van der Waals surface area contributed by atoms with Crippen LogP contribution in [0.4, 0.5) is 4.79 Å². The fourth-order valence-electron chi connectivity index (χ4n) is 1.76. The molecule has 0 spiro atoms. The van der Waals surface area contributed by atoms with Gasteiger partial charge in [0.2, 0.25) is 5.91 Å². The van der Waals surface area contributed by atoms with Gasteiger partial charge in [0.05, 0.1) is 25.9 Å². The van der Waals surface area contributed by atoms with Crippen molar-refractivity contribution in [1.82, 2.24) is 10.6 Å². The summed E-state index contributed by atoms with van der Waals surface area (Å²) in [6.45, 7) is 0.747. The van der Waals surface area contributed by atoms with Gasteiger partial charge in [-0.15, -0.1) is 0 Å². The number of nitrogens with one attached hydrogen (secondary N) is 2. The molecule has 0 aromatic carbocycles. The predicted octanol–water partition coefficient (Wildman–Crippen LogP) is 0.535. The summed E-state index contributed by atoms with van der Waals surface area (Å²) in [5, 5.41) is 4.74. The van der Waals surface area contributed by atoms with E-state index in [9.17, 15) is 14.4 Å². The zero-order valence-corrected chi connectivity index (χ0v) is 13.2. The SMILES string of the molecule is COCCNC(=O)NC(=O)CSCC1(CC(=O)OC)CC1. The van der Waals surface area contributed by atoms with Crippen molar-refractivity contribution in [2.24, 2.45) is 5.41 Å². The Morgan fingerprint density at radius 2 is 1.95 bits per heavy atom. The largest absolute Gasteiger partial charge is 0.469 e. The minimum absolute atomic E-state index is 0.0151. The number of hydrogen-bond acceptors (Lipinski definition) is 6. The number of carbonyl (C=O) groups is 3. The van der Waals surface area contributed by atoms with Gasteiger partial charge in [-0.25, -0.2) is 4.79 Å². The van der Waals surface area contributed by atoms with Gasteiger partial charge in [0.25, 0.3) is 0 Å². The fraction of sp³-hybridized carbons (Fsp3) is 0.769. The molecule has 0 unspecified atom stereocenters. The number of methoxy groups -OCH3 is 2. The van der Waals surface area contributed by atoms with E-state index in [2.05, 4.69) is 15.4 Å². The van der Waals surface area contributed by atoms with Crippen molar-refractivity contribution < 1.29 is 23.9 Å². The lowest BCUT2D eigenvalue weighted by Crippen LogP contribution is -2.41. The Hall–Kier alpha value is -1.28. The summed E-state index contributed by atoms with van der Waals surface area (Å²) in [6.07, 6.45) is 2.36. The monoisotopic (exact) mass is 318 g/mol. The molecule has 1 rings (SSSR count). The molecule has 0 aromatic heterocycles. The van der Waals surface area contributed by atoms with E-state index in [4.69, 9.17) is 4.74 Å². The molecule has 1 fully saturated rings. The first-order valence-electron chi connectivity index (χ1n) is 6.72. The molecule has 1 aliphatic carbocycles.